The molecule has 0 aliphatic heterocycles. The lowest BCUT2D eigenvalue weighted by Crippen LogP contribution is -2.50. The lowest BCUT2D eigenvalue weighted by Gasteiger charge is -2.32. The number of alkyl halides is 8. The van der Waals surface area contributed by atoms with Crippen molar-refractivity contribution in [2.75, 3.05) is 0 Å². The van der Waals surface area contributed by atoms with Crippen LogP contribution in [0, 0.1) is 0 Å². The second kappa shape index (κ2) is 7.29. The number of aromatic nitrogens is 1. The van der Waals surface area contributed by atoms with Crippen molar-refractivity contribution in [3.05, 3.63) is 50.6 Å². The van der Waals surface area contributed by atoms with E-state index in [1.807, 2.05) is 0 Å². The molecule has 2 rings (SSSR count). The fraction of sp³-hybridized carbons (Fsp3) is 0.357. The zero-order chi connectivity index (χ0) is 20.0. The highest BCUT2D eigenvalue weighted by atomic mass is 79.9. The summed E-state index contributed by atoms with van der Waals surface area (Å²) in [6, 6.07) is 3.04. The maximum absolute atomic E-state index is 13.7. The van der Waals surface area contributed by atoms with Gasteiger partial charge in [-0.25, -0.2) is 4.98 Å². The van der Waals surface area contributed by atoms with E-state index in [0.717, 1.165) is 12.2 Å². The number of nitrogens with zero attached hydrogens (tertiary/aromatic N) is 1. The van der Waals surface area contributed by atoms with Crippen LogP contribution < -0.4 is 0 Å². The van der Waals surface area contributed by atoms with Crippen LogP contribution in [0.2, 0.25) is 5.15 Å². The second-order valence-electron chi connectivity index (χ2n) is 5.21. The van der Waals surface area contributed by atoms with Crippen LogP contribution in [0.5, 0.6) is 0 Å². The third-order valence-electron chi connectivity index (χ3n) is 3.27. The molecule has 1 aliphatic carbocycles. The monoisotopic (exact) mass is 547 g/mol. The quantitative estimate of drug-likeness (QED) is 0.220. The minimum atomic E-state index is -6.39. The molecule has 0 radical (unpaired) electrons. The molecular formula is C14H7Br2ClF7NS. The predicted octanol–water partition coefficient (Wildman–Crippen LogP) is 7.42. The molecule has 0 spiro atoms. The molecule has 0 fully saturated rings. The van der Waals surface area contributed by atoms with Crippen molar-refractivity contribution in [2.24, 2.45) is 0 Å². The minimum Gasteiger partial charge on any atom is -0.244 e. The first-order valence-electron chi connectivity index (χ1n) is 6.60. The second-order valence-corrected chi connectivity index (χ2v) is 9.19. The topological polar surface area (TPSA) is 12.9 Å². The Hall–Kier alpha value is -0.260. The number of rotatable bonds is 4. The highest BCUT2D eigenvalue weighted by Gasteiger charge is 2.73. The van der Waals surface area contributed by atoms with Gasteiger partial charge in [-0.1, -0.05) is 49.5 Å². The first-order chi connectivity index (χ1) is 11.7. The number of hydrogen-bond donors (Lipinski definition) is 0. The van der Waals surface area contributed by atoms with Gasteiger partial charge in [0.05, 0.1) is 4.32 Å². The molecule has 144 valence electrons. The Morgan fingerprint density at radius 2 is 1.77 bits per heavy atom. The van der Waals surface area contributed by atoms with E-state index in [1.165, 1.54) is 18.3 Å². The van der Waals surface area contributed by atoms with E-state index in [2.05, 4.69) is 36.8 Å². The van der Waals surface area contributed by atoms with Crippen LogP contribution in [0.25, 0.3) is 0 Å². The predicted molar refractivity (Wildman–Crippen MR) is 93.1 cm³/mol. The summed E-state index contributed by atoms with van der Waals surface area (Å²) in [4.78, 5) is 3.35. The average Bonchev–Trinajstić information content (AvgIpc) is 2.44. The van der Waals surface area contributed by atoms with Gasteiger partial charge < -0.3 is 0 Å². The van der Waals surface area contributed by atoms with Gasteiger partial charge in [-0.05, 0) is 34.5 Å². The van der Waals surface area contributed by atoms with Crippen LogP contribution in [-0.2, 0) is 4.32 Å². The van der Waals surface area contributed by atoms with Gasteiger partial charge in [0.15, 0.2) is 0 Å². The van der Waals surface area contributed by atoms with Gasteiger partial charge in [0.25, 0.3) is 0 Å². The van der Waals surface area contributed by atoms with Crippen molar-refractivity contribution in [1.29, 1.82) is 0 Å². The van der Waals surface area contributed by atoms with Crippen molar-refractivity contribution in [3.8, 4) is 0 Å². The smallest absolute Gasteiger partial charge is 0.244 e. The summed E-state index contributed by atoms with van der Waals surface area (Å²) < 4.78 is 89.7. The van der Waals surface area contributed by atoms with Gasteiger partial charge in [0, 0.05) is 23.1 Å². The Morgan fingerprint density at radius 1 is 1.15 bits per heavy atom. The van der Waals surface area contributed by atoms with Crippen LogP contribution in [0.15, 0.2) is 39.9 Å². The van der Waals surface area contributed by atoms with Gasteiger partial charge in [-0.3, -0.25) is 0 Å². The van der Waals surface area contributed by atoms with Gasteiger partial charge in [0.2, 0.25) is 0 Å². The summed E-state index contributed by atoms with van der Waals surface area (Å²) in [5, 5.41) is -5.38. The van der Waals surface area contributed by atoms with Crippen LogP contribution in [0.1, 0.15) is 12.0 Å². The van der Waals surface area contributed by atoms with Gasteiger partial charge in [-0.15, -0.1) is 0 Å². The third-order valence-corrected chi connectivity index (χ3v) is 6.00. The Bertz CT molecular complexity index is 766. The summed E-state index contributed by atoms with van der Waals surface area (Å²) >= 11 is 11.5. The van der Waals surface area contributed by atoms with Crippen molar-refractivity contribution in [2.45, 2.75) is 28.1 Å². The standard InChI is InChI=1S/C14H7Br2ClF7NS/c15-7-4-8(26-14(23,24)12(18,19)13(20,21)22)6-11(16,5-7)9-2-1-3-25-10(9)17/h1-4,6H,5H2. The van der Waals surface area contributed by atoms with E-state index in [0.29, 0.717) is 10.0 Å². The first kappa shape index (κ1) is 22.0. The zero-order valence-electron chi connectivity index (χ0n) is 12.2. The normalized spacial score (nSPS) is 22.1. The van der Waals surface area contributed by atoms with Gasteiger partial charge in [-0.2, -0.15) is 30.7 Å². The Balaban J connectivity index is 2.43. The molecule has 1 atom stereocenters. The fourth-order valence-corrected chi connectivity index (χ4v) is 5.71. The van der Waals surface area contributed by atoms with E-state index < -0.39 is 38.3 Å². The lowest BCUT2D eigenvalue weighted by atomic mass is 9.93. The highest BCUT2D eigenvalue weighted by Crippen LogP contribution is 2.56. The third kappa shape index (κ3) is 4.25. The number of pyridine rings is 1. The van der Waals surface area contributed by atoms with Crippen LogP contribution in [-0.4, -0.2) is 22.3 Å². The van der Waals surface area contributed by atoms with Crippen molar-refractivity contribution in [1.82, 2.24) is 4.98 Å². The van der Waals surface area contributed by atoms with Crippen LogP contribution in [0.4, 0.5) is 30.7 Å². The number of thioether (sulfide) groups is 1. The molecule has 1 heterocycles. The van der Waals surface area contributed by atoms with Crippen molar-refractivity contribution < 1.29 is 30.7 Å². The van der Waals surface area contributed by atoms with E-state index >= 15 is 0 Å². The van der Waals surface area contributed by atoms with E-state index in [-0.39, 0.29) is 11.6 Å². The molecule has 1 unspecified atom stereocenters. The summed E-state index contributed by atoms with van der Waals surface area (Å²) in [6.07, 6.45) is -2.70. The molecule has 1 aromatic rings. The number of halogens is 10. The number of allylic oxidation sites excluding steroid dienone is 3. The van der Waals surface area contributed by atoms with Crippen LogP contribution >= 0.6 is 55.2 Å². The van der Waals surface area contributed by atoms with Gasteiger partial charge >= 0.3 is 17.4 Å². The largest absolute Gasteiger partial charge is 0.460 e. The maximum Gasteiger partial charge on any atom is 0.460 e. The lowest BCUT2D eigenvalue weighted by molar-refractivity contribution is -0.330. The molecule has 0 amide bonds. The molecule has 0 saturated carbocycles. The first-order valence-corrected chi connectivity index (χ1v) is 9.38. The van der Waals surface area contributed by atoms with Crippen LogP contribution in [0.3, 0.4) is 0 Å². The molecule has 0 bridgehead atoms. The zero-order valence-corrected chi connectivity index (χ0v) is 17.0. The summed E-state index contributed by atoms with van der Waals surface area (Å²) in [5.41, 5.74) is 0.343. The van der Waals surface area contributed by atoms with Crippen molar-refractivity contribution >= 4 is 55.2 Å². The minimum absolute atomic E-state index is 0.0274. The molecule has 26 heavy (non-hydrogen) atoms. The Labute approximate surface area is 169 Å². The molecule has 1 aliphatic rings. The molecule has 1 aromatic heterocycles. The summed E-state index contributed by atoms with van der Waals surface area (Å²) in [5.74, 6) is -6.20. The SMILES string of the molecule is FC(F)(F)C(F)(F)C(F)(F)SC1=CC(Br)(c2cccnc2Cl)CC(Br)=C1. The molecule has 0 saturated heterocycles. The van der Waals surface area contributed by atoms with E-state index in [9.17, 15) is 30.7 Å². The highest BCUT2D eigenvalue weighted by molar-refractivity contribution is 9.12. The number of hydrogen-bond acceptors (Lipinski definition) is 2. The Morgan fingerprint density at radius 3 is 2.31 bits per heavy atom. The van der Waals surface area contributed by atoms with Gasteiger partial charge in [0.1, 0.15) is 5.15 Å². The molecule has 0 N–H and O–H groups in total. The van der Waals surface area contributed by atoms with Crippen molar-refractivity contribution in [3.63, 3.8) is 0 Å². The van der Waals surface area contributed by atoms with E-state index in [1.54, 1.807) is 0 Å². The molecule has 12 heteroatoms. The maximum atomic E-state index is 13.7. The van der Waals surface area contributed by atoms with E-state index in [4.69, 9.17) is 11.6 Å². The Kier molecular flexibility index (Phi) is 6.18. The fourth-order valence-electron chi connectivity index (χ4n) is 2.07. The summed E-state index contributed by atoms with van der Waals surface area (Å²) in [7, 11) is 0. The molecule has 0 aromatic carbocycles. The average molecular weight is 550 g/mol. The molecular weight excluding hydrogens is 542 g/mol. The summed E-state index contributed by atoms with van der Waals surface area (Å²) in [6.45, 7) is 0. The molecule has 1 nitrogen and oxygen atoms in total.